The van der Waals surface area contributed by atoms with Gasteiger partial charge >= 0.3 is 6.09 Å². The summed E-state index contributed by atoms with van der Waals surface area (Å²) >= 11 is 0. The number of hydrogen-bond acceptors (Lipinski definition) is 6. The Morgan fingerprint density at radius 3 is 2.78 bits per heavy atom. The van der Waals surface area contributed by atoms with Gasteiger partial charge in [0.25, 0.3) is 5.91 Å². The molecule has 1 fully saturated rings. The van der Waals surface area contributed by atoms with Gasteiger partial charge in [0.2, 0.25) is 0 Å². The Morgan fingerprint density at radius 2 is 2.03 bits per heavy atom. The van der Waals surface area contributed by atoms with E-state index in [1.165, 1.54) is 23.9 Å². The van der Waals surface area contributed by atoms with Crippen molar-refractivity contribution in [3.63, 3.8) is 0 Å². The Hall–Kier alpha value is -3.69. The fraction of sp³-hybridized carbons (Fsp3) is 0.364. The molecule has 32 heavy (non-hydrogen) atoms. The number of nitrogens with one attached hydrogen (secondary N) is 2. The third-order valence-corrected chi connectivity index (χ3v) is 5.39. The molecule has 0 spiro atoms. The number of fused-ring (bicyclic) bond motifs is 1. The van der Waals surface area contributed by atoms with Crippen molar-refractivity contribution in [3.05, 3.63) is 59.7 Å². The molecule has 1 saturated heterocycles. The maximum Gasteiger partial charge on any atom is 0.408 e. The van der Waals surface area contributed by atoms with Crippen molar-refractivity contribution in [3.8, 4) is 0 Å². The SMILES string of the molecule is COC(=O)NC(C)(C)NC(=O)c1cnc2ccc(N3CCC[C@H]3c3cccc(F)c3)nn12. The summed E-state index contributed by atoms with van der Waals surface area (Å²) in [6, 6.07) is 10.2. The number of hydrogen-bond donors (Lipinski definition) is 2. The lowest BCUT2D eigenvalue weighted by molar-refractivity contribution is 0.0884. The molecule has 0 radical (unpaired) electrons. The lowest BCUT2D eigenvalue weighted by atomic mass is 10.0. The van der Waals surface area contributed by atoms with E-state index in [9.17, 15) is 14.0 Å². The molecular formula is C22H25FN6O3. The molecule has 168 valence electrons. The van der Waals surface area contributed by atoms with Gasteiger partial charge in [0.1, 0.15) is 17.3 Å². The van der Waals surface area contributed by atoms with Gasteiger partial charge < -0.3 is 15.0 Å². The van der Waals surface area contributed by atoms with E-state index in [1.54, 1.807) is 32.0 Å². The number of amides is 2. The van der Waals surface area contributed by atoms with Gasteiger partial charge in [0, 0.05) is 6.54 Å². The first-order valence-electron chi connectivity index (χ1n) is 10.3. The Bertz CT molecular complexity index is 1160. The molecule has 2 amide bonds. The monoisotopic (exact) mass is 440 g/mol. The summed E-state index contributed by atoms with van der Waals surface area (Å²) in [5.74, 6) is -0.0515. The molecule has 0 saturated carbocycles. The van der Waals surface area contributed by atoms with E-state index >= 15 is 0 Å². The van der Waals surface area contributed by atoms with Gasteiger partial charge in [-0.05, 0) is 56.5 Å². The van der Waals surface area contributed by atoms with Crippen LogP contribution in [0.4, 0.5) is 15.0 Å². The maximum absolute atomic E-state index is 13.8. The summed E-state index contributed by atoms with van der Waals surface area (Å²) in [4.78, 5) is 30.8. The molecule has 0 aliphatic carbocycles. The number of ether oxygens (including phenoxy) is 1. The van der Waals surface area contributed by atoms with E-state index in [-0.39, 0.29) is 17.6 Å². The number of carbonyl (C=O) groups excluding carboxylic acids is 2. The minimum Gasteiger partial charge on any atom is -0.453 e. The number of imidazole rings is 1. The van der Waals surface area contributed by atoms with Crippen LogP contribution in [0.2, 0.25) is 0 Å². The van der Waals surface area contributed by atoms with E-state index in [2.05, 4.69) is 30.4 Å². The first kappa shape index (κ1) is 21.5. The molecule has 2 N–H and O–H groups in total. The molecule has 1 atom stereocenters. The predicted octanol–water partition coefficient (Wildman–Crippen LogP) is 3.03. The minimum absolute atomic E-state index is 0.000336. The highest BCUT2D eigenvalue weighted by atomic mass is 19.1. The highest BCUT2D eigenvalue weighted by Gasteiger charge is 2.29. The molecule has 1 aromatic carbocycles. The molecular weight excluding hydrogens is 415 g/mol. The van der Waals surface area contributed by atoms with Crippen LogP contribution >= 0.6 is 0 Å². The average molecular weight is 440 g/mol. The van der Waals surface area contributed by atoms with Crippen molar-refractivity contribution < 1.29 is 18.7 Å². The van der Waals surface area contributed by atoms with Gasteiger partial charge in [0.15, 0.2) is 11.3 Å². The van der Waals surface area contributed by atoms with Gasteiger partial charge in [-0.25, -0.2) is 18.7 Å². The molecule has 9 nitrogen and oxygen atoms in total. The largest absolute Gasteiger partial charge is 0.453 e. The first-order chi connectivity index (χ1) is 15.3. The fourth-order valence-electron chi connectivity index (χ4n) is 3.96. The maximum atomic E-state index is 13.8. The van der Waals surface area contributed by atoms with Gasteiger partial charge in [-0.3, -0.25) is 10.1 Å². The van der Waals surface area contributed by atoms with Crippen LogP contribution in [-0.4, -0.2) is 45.9 Å². The summed E-state index contributed by atoms with van der Waals surface area (Å²) < 4.78 is 19.8. The van der Waals surface area contributed by atoms with Crippen LogP contribution in [0.1, 0.15) is 48.8 Å². The number of aromatic nitrogens is 3. The van der Waals surface area contributed by atoms with Crippen molar-refractivity contribution in [1.82, 2.24) is 25.2 Å². The van der Waals surface area contributed by atoms with Crippen LogP contribution in [-0.2, 0) is 4.74 Å². The van der Waals surface area contributed by atoms with Crippen molar-refractivity contribution in [2.24, 2.45) is 0 Å². The predicted molar refractivity (Wildman–Crippen MR) is 116 cm³/mol. The molecule has 3 aromatic rings. The summed E-state index contributed by atoms with van der Waals surface area (Å²) in [6.45, 7) is 4.04. The zero-order valence-electron chi connectivity index (χ0n) is 18.1. The van der Waals surface area contributed by atoms with Crippen LogP contribution in [0.3, 0.4) is 0 Å². The number of alkyl carbamates (subject to hydrolysis) is 1. The van der Waals surface area contributed by atoms with E-state index in [0.717, 1.165) is 24.9 Å². The van der Waals surface area contributed by atoms with E-state index in [0.29, 0.717) is 11.5 Å². The van der Waals surface area contributed by atoms with Crippen LogP contribution in [0, 0.1) is 5.82 Å². The van der Waals surface area contributed by atoms with Gasteiger partial charge in [-0.15, -0.1) is 5.10 Å². The lowest BCUT2D eigenvalue weighted by Crippen LogP contribution is -2.56. The molecule has 3 heterocycles. The van der Waals surface area contributed by atoms with Crippen LogP contribution in [0.5, 0.6) is 0 Å². The highest BCUT2D eigenvalue weighted by molar-refractivity contribution is 5.93. The molecule has 0 unspecified atom stereocenters. The smallest absolute Gasteiger partial charge is 0.408 e. The Kier molecular flexibility index (Phi) is 5.68. The number of anilines is 1. The summed E-state index contributed by atoms with van der Waals surface area (Å²) in [5.41, 5.74) is 0.578. The summed E-state index contributed by atoms with van der Waals surface area (Å²) in [5, 5.41) is 9.95. The minimum atomic E-state index is -1.05. The fourth-order valence-corrected chi connectivity index (χ4v) is 3.96. The third-order valence-electron chi connectivity index (χ3n) is 5.39. The number of benzene rings is 1. The second-order valence-electron chi connectivity index (χ2n) is 8.21. The zero-order chi connectivity index (χ0) is 22.9. The number of carbonyl (C=O) groups is 2. The first-order valence-corrected chi connectivity index (χ1v) is 10.3. The van der Waals surface area contributed by atoms with Crippen LogP contribution in [0.15, 0.2) is 42.6 Å². The van der Waals surface area contributed by atoms with Crippen LogP contribution in [0.25, 0.3) is 5.65 Å². The molecule has 10 heteroatoms. The quantitative estimate of drug-likeness (QED) is 0.592. The third kappa shape index (κ3) is 4.34. The van der Waals surface area contributed by atoms with Crippen molar-refractivity contribution >= 4 is 23.5 Å². The molecule has 0 bridgehead atoms. The van der Waals surface area contributed by atoms with Gasteiger partial charge in [-0.1, -0.05) is 12.1 Å². The second-order valence-corrected chi connectivity index (χ2v) is 8.21. The standard InChI is InChI=1S/C22H25FN6O3/c1-22(2,26-21(31)32-3)25-20(30)17-13-24-18-9-10-19(27-29(17)18)28-11-5-8-16(28)14-6-4-7-15(23)12-14/h4,6-7,9-10,12-13,16H,5,8,11H2,1-3H3,(H,25,30)(H,26,31)/t16-/m0/s1. The van der Waals surface area contributed by atoms with Crippen LogP contribution < -0.4 is 15.5 Å². The Morgan fingerprint density at radius 1 is 1.22 bits per heavy atom. The van der Waals surface area contributed by atoms with Gasteiger partial charge in [-0.2, -0.15) is 0 Å². The van der Waals surface area contributed by atoms with Crippen molar-refractivity contribution in [2.45, 2.75) is 38.4 Å². The highest BCUT2D eigenvalue weighted by Crippen LogP contribution is 2.35. The topological polar surface area (TPSA) is 101 Å². The second kappa shape index (κ2) is 8.45. The normalized spacial score (nSPS) is 16.2. The number of rotatable bonds is 5. The van der Waals surface area contributed by atoms with E-state index in [1.807, 2.05) is 12.1 Å². The van der Waals surface area contributed by atoms with E-state index in [4.69, 9.17) is 0 Å². The zero-order valence-corrected chi connectivity index (χ0v) is 18.1. The number of nitrogens with zero attached hydrogens (tertiary/aromatic N) is 4. The molecule has 1 aliphatic rings. The lowest BCUT2D eigenvalue weighted by Gasteiger charge is -2.27. The molecule has 1 aliphatic heterocycles. The summed E-state index contributed by atoms with van der Waals surface area (Å²) in [7, 11) is 1.25. The van der Waals surface area contributed by atoms with Gasteiger partial charge in [0.05, 0.1) is 19.3 Å². The van der Waals surface area contributed by atoms with Crippen molar-refractivity contribution in [2.75, 3.05) is 18.6 Å². The summed E-state index contributed by atoms with van der Waals surface area (Å²) in [6.07, 6.45) is 2.61. The number of halogens is 1. The average Bonchev–Trinajstić information content (AvgIpc) is 3.39. The van der Waals surface area contributed by atoms with E-state index < -0.39 is 17.7 Å². The molecule has 2 aromatic heterocycles. The Labute approximate surface area is 184 Å². The number of methoxy groups -OCH3 is 1. The molecule has 4 rings (SSSR count). The van der Waals surface area contributed by atoms with Crippen molar-refractivity contribution in [1.29, 1.82) is 0 Å². The Balaban J connectivity index is 1.61.